The number of amides is 1. The Hall–Kier alpha value is -1.62. The molecule has 4 rings (SSSR count). The second-order valence-corrected chi connectivity index (χ2v) is 6.90. The SMILES string of the molecule is O=C(c1cc(-c2ccc(Br)cc2)n[nH]1)N1CC(C2CC2)C1. The molecule has 1 saturated heterocycles. The lowest BCUT2D eigenvalue weighted by Crippen LogP contribution is -2.50. The van der Waals surface area contributed by atoms with Gasteiger partial charge in [0, 0.05) is 23.1 Å². The van der Waals surface area contributed by atoms with Crippen LogP contribution in [0.2, 0.25) is 0 Å². The molecule has 1 aliphatic heterocycles. The lowest BCUT2D eigenvalue weighted by atomic mass is 9.94. The summed E-state index contributed by atoms with van der Waals surface area (Å²) in [4.78, 5) is 14.3. The fourth-order valence-electron chi connectivity index (χ4n) is 2.91. The van der Waals surface area contributed by atoms with Crippen LogP contribution < -0.4 is 0 Å². The Bertz CT molecular complexity index is 669. The van der Waals surface area contributed by atoms with Gasteiger partial charge in [0.2, 0.25) is 0 Å². The number of carbonyl (C=O) groups excluding carboxylic acids is 1. The van der Waals surface area contributed by atoms with Crippen LogP contribution in [0.25, 0.3) is 11.3 Å². The van der Waals surface area contributed by atoms with E-state index < -0.39 is 0 Å². The van der Waals surface area contributed by atoms with Crippen molar-refractivity contribution in [3.63, 3.8) is 0 Å². The summed E-state index contributed by atoms with van der Waals surface area (Å²) in [6.07, 6.45) is 2.70. The normalized spacial score (nSPS) is 18.6. The number of halogens is 1. The summed E-state index contributed by atoms with van der Waals surface area (Å²) in [6, 6.07) is 9.76. The Morgan fingerprint density at radius 1 is 1.19 bits per heavy atom. The molecule has 1 aromatic carbocycles. The molecule has 1 saturated carbocycles. The molecule has 2 heterocycles. The molecule has 2 fully saturated rings. The number of hydrogen-bond donors (Lipinski definition) is 1. The Morgan fingerprint density at radius 2 is 1.90 bits per heavy atom. The van der Waals surface area contributed by atoms with E-state index in [0.29, 0.717) is 5.69 Å². The third-order valence-electron chi connectivity index (χ3n) is 4.43. The number of likely N-dealkylation sites (tertiary alicyclic amines) is 1. The van der Waals surface area contributed by atoms with Gasteiger partial charge in [0.05, 0.1) is 5.69 Å². The third-order valence-corrected chi connectivity index (χ3v) is 4.96. The van der Waals surface area contributed by atoms with Gasteiger partial charge in [0.15, 0.2) is 0 Å². The lowest BCUT2D eigenvalue weighted by Gasteiger charge is -2.39. The number of aromatic nitrogens is 2. The molecule has 108 valence electrons. The van der Waals surface area contributed by atoms with Crippen LogP contribution >= 0.6 is 15.9 Å². The number of aromatic amines is 1. The Kier molecular flexibility index (Phi) is 3.10. The van der Waals surface area contributed by atoms with Gasteiger partial charge in [-0.15, -0.1) is 0 Å². The molecule has 1 aliphatic carbocycles. The number of rotatable bonds is 3. The minimum Gasteiger partial charge on any atom is -0.337 e. The standard InChI is InChI=1S/C16H16BrN3O/c17-13-5-3-11(4-6-13)14-7-15(19-18-14)16(21)20-8-12(9-20)10-1-2-10/h3-7,10,12H,1-2,8-9H2,(H,18,19). The average Bonchev–Trinajstić information content (AvgIpc) is 3.14. The highest BCUT2D eigenvalue weighted by molar-refractivity contribution is 9.10. The van der Waals surface area contributed by atoms with Crippen LogP contribution in [0.4, 0.5) is 0 Å². The summed E-state index contributed by atoms with van der Waals surface area (Å²) in [5.41, 5.74) is 2.40. The largest absolute Gasteiger partial charge is 0.337 e. The molecule has 2 aromatic rings. The average molecular weight is 346 g/mol. The zero-order valence-electron chi connectivity index (χ0n) is 11.6. The zero-order valence-corrected chi connectivity index (χ0v) is 13.1. The molecule has 0 radical (unpaired) electrons. The van der Waals surface area contributed by atoms with Crippen molar-refractivity contribution in [1.29, 1.82) is 0 Å². The van der Waals surface area contributed by atoms with Crippen LogP contribution in [0.1, 0.15) is 23.3 Å². The second kappa shape index (κ2) is 4.98. The Balaban J connectivity index is 1.46. The predicted octanol–water partition coefficient (Wildman–Crippen LogP) is 3.32. The maximum absolute atomic E-state index is 12.4. The fourth-order valence-corrected chi connectivity index (χ4v) is 3.18. The van der Waals surface area contributed by atoms with Gasteiger partial charge in [-0.25, -0.2) is 0 Å². The molecular weight excluding hydrogens is 330 g/mol. The molecule has 1 N–H and O–H groups in total. The van der Waals surface area contributed by atoms with Gasteiger partial charge in [-0.3, -0.25) is 9.89 Å². The first-order valence-corrected chi connectivity index (χ1v) is 8.10. The van der Waals surface area contributed by atoms with Crippen LogP contribution in [0.3, 0.4) is 0 Å². The number of benzene rings is 1. The summed E-state index contributed by atoms with van der Waals surface area (Å²) in [7, 11) is 0. The third kappa shape index (κ3) is 2.50. The molecule has 4 nitrogen and oxygen atoms in total. The minimum absolute atomic E-state index is 0.0720. The van der Waals surface area contributed by atoms with Gasteiger partial charge < -0.3 is 4.90 Å². The van der Waals surface area contributed by atoms with Crippen molar-refractivity contribution in [2.75, 3.05) is 13.1 Å². The van der Waals surface area contributed by atoms with Gasteiger partial charge in [-0.1, -0.05) is 28.1 Å². The molecule has 21 heavy (non-hydrogen) atoms. The molecular formula is C16H16BrN3O. The predicted molar refractivity (Wildman–Crippen MR) is 83.8 cm³/mol. The maximum Gasteiger partial charge on any atom is 0.271 e. The van der Waals surface area contributed by atoms with Crippen LogP contribution in [-0.4, -0.2) is 34.1 Å². The molecule has 0 atom stereocenters. The van der Waals surface area contributed by atoms with E-state index in [1.807, 2.05) is 35.2 Å². The molecule has 2 aliphatic rings. The van der Waals surface area contributed by atoms with Crippen LogP contribution in [0.15, 0.2) is 34.8 Å². The number of hydrogen-bond acceptors (Lipinski definition) is 2. The van der Waals surface area contributed by atoms with Crippen LogP contribution in [0, 0.1) is 11.8 Å². The summed E-state index contributed by atoms with van der Waals surface area (Å²) < 4.78 is 1.03. The van der Waals surface area contributed by atoms with Crippen molar-refractivity contribution in [1.82, 2.24) is 15.1 Å². The van der Waals surface area contributed by atoms with E-state index in [1.54, 1.807) is 0 Å². The molecule has 1 aromatic heterocycles. The first-order chi connectivity index (χ1) is 10.2. The van der Waals surface area contributed by atoms with Crippen LogP contribution in [0.5, 0.6) is 0 Å². The van der Waals surface area contributed by atoms with Crippen molar-refractivity contribution in [3.05, 3.63) is 40.5 Å². The van der Waals surface area contributed by atoms with Crippen molar-refractivity contribution >= 4 is 21.8 Å². The fraction of sp³-hybridized carbons (Fsp3) is 0.375. The van der Waals surface area contributed by atoms with Crippen molar-refractivity contribution in [2.45, 2.75) is 12.8 Å². The van der Waals surface area contributed by atoms with E-state index >= 15 is 0 Å². The molecule has 0 unspecified atom stereocenters. The quantitative estimate of drug-likeness (QED) is 0.927. The van der Waals surface area contributed by atoms with E-state index in [0.717, 1.165) is 40.7 Å². The molecule has 5 heteroatoms. The van der Waals surface area contributed by atoms with Gasteiger partial charge in [0.25, 0.3) is 5.91 Å². The van der Waals surface area contributed by atoms with E-state index in [-0.39, 0.29) is 5.91 Å². The number of nitrogens with one attached hydrogen (secondary N) is 1. The topological polar surface area (TPSA) is 49.0 Å². The van der Waals surface area contributed by atoms with Gasteiger partial charge in [0.1, 0.15) is 5.69 Å². The molecule has 1 amide bonds. The summed E-state index contributed by atoms with van der Waals surface area (Å²) in [5, 5.41) is 7.13. The van der Waals surface area contributed by atoms with E-state index in [1.165, 1.54) is 12.8 Å². The smallest absolute Gasteiger partial charge is 0.271 e. The minimum atomic E-state index is 0.0720. The van der Waals surface area contributed by atoms with Crippen molar-refractivity contribution in [2.24, 2.45) is 11.8 Å². The summed E-state index contributed by atoms with van der Waals surface area (Å²) in [6.45, 7) is 1.83. The van der Waals surface area contributed by atoms with Crippen molar-refractivity contribution in [3.8, 4) is 11.3 Å². The van der Waals surface area contributed by atoms with Gasteiger partial charge in [-0.05, 0) is 42.9 Å². The maximum atomic E-state index is 12.4. The highest BCUT2D eigenvalue weighted by Gasteiger charge is 2.41. The Labute approximate surface area is 131 Å². The first kappa shape index (κ1) is 13.1. The van der Waals surface area contributed by atoms with Crippen LogP contribution in [-0.2, 0) is 0 Å². The summed E-state index contributed by atoms with van der Waals surface area (Å²) in [5.74, 6) is 1.69. The van der Waals surface area contributed by atoms with E-state index in [9.17, 15) is 4.79 Å². The first-order valence-electron chi connectivity index (χ1n) is 7.31. The van der Waals surface area contributed by atoms with E-state index in [2.05, 4.69) is 26.1 Å². The number of carbonyl (C=O) groups is 1. The summed E-state index contributed by atoms with van der Waals surface area (Å²) >= 11 is 3.42. The monoisotopic (exact) mass is 345 g/mol. The second-order valence-electron chi connectivity index (χ2n) is 5.98. The van der Waals surface area contributed by atoms with Gasteiger partial charge >= 0.3 is 0 Å². The van der Waals surface area contributed by atoms with Gasteiger partial charge in [-0.2, -0.15) is 5.10 Å². The Morgan fingerprint density at radius 3 is 2.57 bits per heavy atom. The highest BCUT2D eigenvalue weighted by Crippen LogP contribution is 2.41. The lowest BCUT2D eigenvalue weighted by molar-refractivity contribution is 0.0454. The zero-order chi connectivity index (χ0) is 14.4. The highest BCUT2D eigenvalue weighted by atomic mass is 79.9. The number of nitrogens with zero attached hydrogens (tertiary/aromatic N) is 2. The van der Waals surface area contributed by atoms with Crippen molar-refractivity contribution < 1.29 is 4.79 Å². The molecule has 0 spiro atoms. The number of H-pyrrole nitrogens is 1. The van der Waals surface area contributed by atoms with E-state index in [4.69, 9.17) is 0 Å². The molecule has 0 bridgehead atoms.